The summed E-state index contributed by atoms with van der Waals surface area (Å²) in [5.74, 6) is 0. The summed E-state index contributed by atoms with van der Waals surface area (Å²) in [6.07, 6.45) is -0.406. The third-order valence-electron chi connectivity index (χ3n) is 6.08. The number of halogens is 3. The Kier molecular flexibility index (Phi) is 5.80. The highest BCUT2D eigenvalue weighted by Crippen LogP contribution is 2.34. The SMILES string of the molecule is O=c1c2c3c(sc2ncn1Cc1ccccc1)C[C@H](NCc1cccc(C(F)(F)F)c1)CC3. The lowest BCUT2D eigenvalue weighted by atomic mass is 9.93. The van der Waals surface area contributed by atoms with Crippen molar-refractivity contribution in [3.63, 3.8) is 0 Å². The van der Waals surface area contributed by atoms with Crippen LogP contribution in [0.4, 0.5) is 13.2 Å². The molecule has 8 heteroatoms. The fourth-order valence-corrected chi connectivity index (χ4v) is 5.65. The molecule has 0 fully saturated rings. The second-order valence-electron chi connectivity index (χ2n) is 8.37. The number of hydrogen-bond donors (Lipinski definition) is 1. The third kappa shape index (κ3) is 4.58. The summed E-state index contributed by atoms with van der Waals surface area (Å²) in [6, 6.07) is 15.4. The van der Waals surface area contributed by atoms with E-state index in [9.17, 15) is 18.0 Å². The van der Waals surface area contributed by atoms with E-state index in [-0.39, 0.29) is 11.6 Å². The van der Waals surface area contributed by atoms with Crippen molar-refractivity contribution < 1.29 is 13.2 Å². The maximum absolute atomic E-state index is 13.2. The van der Waals surface area contributed by atoms with Gasteiger partial charge in [0.2, 0.25) is 0 Å². The number of thiophene rings is 1. The first kappa shape index (κ1) is 21.9. The standard InChI is InChI=1S/C25H22F3N3OS/c26-25(27,28)18-8-4-7-17(11-18)13-29-19-9-10-20-21(12-19)33-23-22(20)24(32)31(15-30-23)14-16-5-2-1-3-6-16/h1-8,11,15,19,29H,9-10,12-14H2/t19-/m1/s1. The summed E-state index contributed by atoms with van der Waals surface area (Å²) in [5, 5.41) is 4.11. The second kappa shape index (κ2) is 8.76. The van der Waals surface area contributed by atoms with Crippen LogP contribution in [0.15, 0.2) is 65.7 Å². The summed E-state index contributed by atoms with van der Waals surface area (Å²) in [4.78, 5) is 19.6. The first-order valence-electron chi connectivity index (χ1n) is 10.8. The predicted octanol–water partition coefficient (Wildman–Crippen LogP) is 5.17. The van der Waals surface area contributed by atoms with Crippen LogP contribution < -0.4 is 10.9 Å². The zero-order chi connectivity index (χ0) is 23.0. The summed E-state index contributed by atoms with van der Waals surface area (Å²) >= 11 is 1.55. The largest absolute Gasteiger partial charge is 0.416 e. The van der Waals surface area contributed by atoms with Gasteiger partial charge in [0.25, 0.3) is 5.56 Å². The normalized spacial score (nSPS) is 16.2. The number of nitrogens with one attached hydrogen (secondary N) is 1. The van der Waals surface area contributed by atoms with Crippen LogP contribution in [0.3, 0.4) is 0 Å². The minimum absolute atomic E-state index is 0.0169. The Hall–Kier alpha value is -2.97. The Balaban J connectivity index is 1.33. The Morgan fingerprint density at radius 3 is 2.67 bits per heavy atom. The summed E-state index contributed by atoms with van der Waals surface area (Å²) < 4.78 is 40.5. The predicted molar refractivity (Wildman–Crippen MR) is 124 cm³/mol. The molecule has 0 unspecified atom stereocenters. The van der Waals surface area contributed by atoms with Gasteiger partial charge in [-0.05, 0) is 42.0 Å². The van der Waals surface area contributed by atoms with Crippen LogP contribution in [0.1, 0.15) is 33.6 Å². The van der Waals surface area contributed by atoms with E-state index in [4.69, 9.17) is 0 Å². The quantitative estimate of drug-likeness (QED) is 0.439. The molecule has 0 amide bonds. The van der Waals surface area contributed by atoms with Crippen LogP contribution in [0.25, 0.3) is 10.2 Å². The maximum atomic E-state index is 13.2. The van der Waals surface area contributed by atoms with Gasteiger partial charge < -0.3 is 5.32 Å². The Morgan fingerprint density at radius 1 is 1.09 bits per heavy atom. The topological polar surface area (TPSA) is 46.9 Å². The molecule has 1 aliphatic carbocycles. The van der Waals surface area contributed by atoms with Crippen LogP contribution in [0.2, 0.25) is 0 Å². The molecule has 1 atom stereocenters. The van der Waals surface area contributed by atoms with Gasteiger partial charge in [-0.15, -0.1) is 11.3 Å². The molecule has 170 valence electrons. The van der Waals surface area contributed by atoms with Gasteiger partial charge in [-0.2, -0.15) is 13.2 Å². The van der Waals surface area contributed by atoms with Crippen LogP contribution in [0, 0.1) is 0 Å². The number of alkyl halides is 3. The number of rotatable bonds is 5. The van der Waals surface area contributed by atoms with E-state index >= 15 is 0 Å². The maximum Gasteiger partial charge on any atom is 0.416 e. The summed E-state index contributed by atoms with van der Waals surface area (Å²) in [7, 11) is 0. The highest BCUT2D eigenvalue weighted by atomic mass is 32.1. The molecule has 0 spiro atoms. The molecule has 0 saturated heterocycles. The van der Waals surface area contributed by atoms with Crippen molar-refractivity contribution in [2.45, 2.75) is 44.6 Å². The second-order valence-corrected chi connectivity index (χ2v) is 9.45. The molecule has 0 saturated carbocycles. The summed E-state index contributed by atoms with van der Waals surface area (Å²) in [6.45, 7) is 0.853. The Labute approximate surface area is 192 Å². The van der Waals surface area contributed by atoms with E-state index in [1.54, 1.807) is 28.3 Å². The molecule has 1 aliphatic rings. The van der Waals surface area contributed by atoms with Crippen LogP contribution in [-0.2, 0) is 32.1 Å². The van der Waals surface area contributed by atoms with Gasteiger partial charge in [-0.25, -0.2) is 4.98 Å². The van der Waals surface area contributed by atoms with Crippen molar-refractivity contribution in [1.29, 1.82) is 0 Å². The lowest BCUT2D eigenvalue weighted by Gasteiger charge is -2.23. The molecule has 0 radical (unpaired) electrons. The number of aryl methyl sites for hydroxylation is 1. The fourth-order valence-electron chi connectivity index (χ4n) is 4.39. The van der Waals surface area contributed by atoms with Gasteiger partial charge in [0.1, 0.15) is 4.83 Å². The zero-order valence-electron chi connectivity index (χ0n) is 17.7. The van der Waals surface area contributed by atoms with Gasteiger partial charge in [-0.3, -0.25) is 9.36 Å². The minimum Gasteiger partial charge on any atom is -0.310 e. The van der Waals surface area contributed by atoms with Gasteiger partial charge in [0.05, 0.1) is 23.8 Å². The number of aromatic nitrogens is 2. The van der Waals surface area contributed by atoms with Crippen LogP contribution in [-0.4, -0.2) is 15.6 Å². The van der Waals surface area contributed by atoms with Gasteiger partial charge in [0.15, 0.2) is 0 Å². The molecular formula is C25H22F3N3OS. The van der Waals surface area contributed by atoms with E-state index in [0.29, 0.717) is 24.0 Å². The fraction of sp³-hybridized carbons (Fsp3) is 0.280. The Morgan fingerprint density at radius 2 is 1.88 bits per heavy atom. The highest BCUT2D eigenvalue weighted by Gasteiger charge is 2.30. The number of hydrogen-bond acceptors (Lipinski definition) is 4. The first-order valence-corrected chi connectivity index (χ1v) is 11.6. The summed E-state index contributed by atoms with van der Waals surface area (Å²) in [5.41, 5.74) is 2.08. The van der Waals surface area contributed by atoms with Crippen LogP contribution in [0.5, 0.6) is 0 Å². The minimum atomic E-state index is -4.34. The van der Waals surface area contributed by atoms with Crippen molar-refractivity contribution in [3.05, 3.63) is 98.4 Å². The molecule has 2 aromatic carbocycles. The van der Waals surface area contributed by atoms with E-state index in [1.165, 1.54) is 12.1 Å². The molecular weight excluding hydrogens is 447 g/mol. The van der Waals surface area contributed by atoms with Gasteiger partial charge in [0, 0.05) is 17.5 Å². The average molecular weight is 470 g/mol. The molecule has 2 aromatic heterocycles. The molecule has 2 heterocycles. The lowest BCUT2D eigenvalue weighted by Crippen LogP contribution is -2.34. The van der Waals surface area contributed by atoms with E-state index < -0.39 is 11.7 Å². The molecule has 1 N–H and O–H groups in total. The van der Waals surface area contributed by atoms with E-state index in [2.05, 4.69) is 10.3 Å². The van der Waals surface area contributed by atoms with Gasteiger partial charge in [-0.1, -0.05) is 48.5 Å². The number of benzene rings is 2. The molecule has 0 bridgehead atoms. The molecule has 0 aliphatic heterocycles. The molecule has 4 aromatic rings. The smallest absolute Gasteiger partial charge is 0.310 e. The van der Waals surface area contributed by atoms with Crippen LogP contribution >= 0.6 is 11.3 Å². The van der Waals surface area contributed by atoms with E-state index in [1.807, 2.05) is 30.3 Å². The highest BCUT2D eigenvalue weighted by molar-refractivity contribution is 7.18. The number of fused-ring (bicyclic) bond motifs is 3. The van der Waals surface area contributed by atoms with Crippen molar-refractivity contribution in [2.75, 3.05) is 0 Å². The number of nitrogens with zero attached hydrogens (tertiary/aromatic N) is 2. The van der Waals surface area contributed by atoms with Crippen molar-refractivity contribution in [3.8, 4) is 0 Å². The molecule has 5 rings (SSSR count). The molecule has 33 heavy (non-hydrogen) atoms. The third-order valence-corrected chi connectivity index (χ3v) is 7.24. The zero-order valence-corrected chi connectivity index (χ0v) is 18.5. The van der Waals surface area contributed by atoms with Crippen molar-refractivity contribution in [2.24, 2.45) is 0 Å². The lowest BCUT2D eigenvalue weighted by molar-refractivity contribution is -0.137. The first-order chi connectivity index (χ1) is 15.9. The van der Waals surface area contributed by atoms with Crippen molar-refractivity contribution in [1.82, 2.24) is 14.9 Å². The van der Waals surface area contributed by atoms with Crippen molar-refractivity contribution >= 4 is 21.6 Å². The average Bonchev–Trinajstić information content (AvgIpc) is 3.18. The monoisotopic (exact) mass is 469 g/mol. The Bertz CT molecular complexity index is 1340. The van der Waals surface area contributed by atoms with E-state index in [0.717, 1.165) is 46.2 Å². The molecule has 4 nitrogen and oxygen atoms in total. The van der Waals surface area contributed by atoms with Gasteiger partial charge >= 0.3 is 6.18 Å².